The van der Waals surface area contributed by atoms with Crippen LogP contribution in [0.3, 0.4) is 0 Å². The molecule has 0 spiro atoms. The monoisotopic (exact) mass is 547 g/mol. The number of hydrogen-bond acceptors (Lipinski definition) is 7. The molecule has 2 amide bonds. The lowest BCUT2D eigenvalue weighted by Crippen LogP contribution is -2.21. The molecule has 2 aromatic carbocycles. The number of fused-ring (bicyclic) bond motifs is 1. The summed E-state index contributed by atoms with van der Waals surface area (Å²) in [5, 5.41) is 11.3. The second kappa shape index (κ2) is 10.8. The molecular formula is C27H23F2N7O4. The van der Waals surface area contributed by atoms with Crippen LogP contribution in [0.1, 0.15) is 20.7 Å². The zero-order valence-electron chi connectivity index (χ0n) is 21.6. The molecule has 3 aromatic heterocycles. The van der Waals surface area contributed by atoms with Gasteiger partial charge in [0.1, 0.15) is 28.5 Å². The summed E-state index contributed by atoms with van der Waals surface area (Å²) in [6, 6.07) is 12.4. The number of alkyl halides is 2. The zero-order chi connectivity index (χ0) is 28.4. The number of carbonyl (C=O) groups excluding carboxylic acids is 2. The lowest BCUT2D eigenvalue weighted by atomic mass is 10.1. The van der Waals surface area contributed by atoms with Crippen LogP contribution in [-0.2, 0) is 7.05 Å². The van der Waals surface area contributed by atoms with E-state index in [-0.39, 0.29) is 39.9 Å². The molecule has 0 fully saturated rings. The zero-order valence-corrected chi connectivity index (χ0v) is 21.6. The molecule has 0 radical (unpaired) electrons. The number of ether oxygens (including phenoxy) is 2. The number of carbonyl (C=O) groups is 2. The lowest BCUT2D eigenvalue weighted by molar-refractivity contribution is -0.0494. The molecule has 5 aromatic rings. The fourth-order valence-electron chi connectivity index (χ4n) is 3.97. The van der Waals surface area contributed by atoms with E-state index < -0.39 is 12.5 Å². The van der Waals surface area contributed by atoms with Crippen LogP contribution in [0.15, 0.2) is 73.3 Å². The summed E-state index contributed by atoms with van der Waals surface area (Å²) in [6.45, 7) is -3.10. The molecule has 0 saturated carbocycles. The highest BCUT2D eigenvalue weighted by molar-refractivity contribution is 6.09. The van der Waals surface area contributed by atoms with Crippen molar-refractivity contribution in [3.63, 3.8) is 0 Å². The smallest absolute Gasteiger partial charge is 0.387 e. The Hall–Kier alpha value is -5.33. The Morgan fingerprint density at radius 2 is 1.82 bits per heavy atom. The van der Waals surface area contributed by atoms with Crippen molar-refractivity contribution < 1.29 is 27.8 Å². The fourth-order valence-corrected chi connectivity index (χ4v) is 3.97. The van der Waals surface area contributed by atoms with Crippen molar-refractivity contribution in [3.8, 4) is 28.5 Å². The van der Waals surface area contributed by atoms with E-state index in [4.69, 9.17) is 9.47 Å². The number of benzene rings is 2. The SMILES string of the molecule is CN(C)C(=O)c1ccc(Oc2ccc(OC(F)F)c(-c3nn(C)cc3NC(=O)c3cnn4cccnc34)c2)cc1. The number of aromatic nitrogens is 5. The van der Waals surface area contributed by atoms with E-state index in [2.05, 4.69) is 20.5 Å². The minimum Gasteiger partial charge on any atom is -0.457 e. The molecule has 0 aliphatic heterocycles. The maximum absolute atomic E-state index is 13.3. The average Bonchev–Trinajstić information content (AvgIpc) is 3.52. The minimum absolute atomic E-state index is 0.158. The summed E-state index contributed by atoms with van der Waals surface area (Å²) >= 11 is 0. The first-order valence-corrected chi connectivity index (χ1v) is 11.9. The quantitative estimate of drug-likeness (QED) is 0.305. The Bertz CT molecular complexity index is 1700. The van der Waals surface area contributed by atoms with Gasteiger partial charge < -0.3 is 19.7 Å². The molecule has 0 aliphatic rings. The number of amides is 2. The second-order valence-electron chi connectivity index (χ2n) is 8.83. The number of anilines is 1. The molecule has 40 heavy (non-hydrogen) atoms. The summed E-state index contributed by atoms with van der Waals surface area (Å²) in [5.41, 5.74) is 1.62. The Kier molecular flexibility index (Phi) is 7.10. The van der Waals surface area contributed by atoms with Crippen molar-refractivity contribution in [3.05, 3.63) is 84.4 Å². The largest absolute Gasteiger partial charge is 0.457 e. The molecule has 0 saturated heterocycles. The van der Waals surface area contributed by atoms with E-state index in [0.717, 1.165) is 0 Å². The fraction of sp³-hybridized carbons (Fsp3) is 0.148. The van der Waals surface area contributed by atoms with Crippen LogP contribution in [0.2, 0.25) is 0 Å². The normalized spacial score (nSPS) is 11.1. The van der Waals surface area contributed by atoms with Crippen molar-refractivity contribution in [2.45, 2.75) is 6.61 Å². The highest BCUT2D eigenvalue weighted by Crippen LogP contribution is 2.38. The first-order valence-electron chi connectivity index (χ1n) is 11.9. The molecule has 11 nitrogen and oxygen atoms in total. The van der Waals surface area contributed by atoms with Gasteiger partial charge in [0.25, 0.3) is 11.8 Å². The van der Waals surface area contributed by atoms with Crippen molar-refractivity contribution in [1.29, 1.82) is 0 Å². The number of nitrogens with one attached hydrogen (secondary N) is 1. The predicted molar refractivity (Wildman–Crippen MR) is 141 cm³/mol. The number of hydrogen-bond donors (Lipinski definition) is 1. The minimum atomic E-state index is -3.10. The van der Waals surface area contributed by atoms with Gasteiger partial charge in [-0.1, -0.05) is 0 Å². The third-order valence-corrected chi connectivity index (χ3v) is 5.77. The van der Waals surface area contributed by atoms with Crippen LogP contribution >= 0.6 is 0 Å². The molecule has 5 rings (SSSR count). The number of aryl methyl sites for hydroxylation is 1. The Morgan fingerprint density at radius 1 is 1.07 bits per heavy atom. The molecule has 0 atom stereocenters. The van der Waals surface area contributed by atoms with Gasteiger partial charge in [-0.2, -0.15) is 19.0 Å². The molecule has 0 unspecified atom stereocenters. The maximum Gasteiger partial charge on any atom is 0.387 e. The Labute approximate surface area is 226 Å². The van der Waals surface area contributed by atoms with Gasteiger partial charge in [0.05, 0.1) is 17.4 Å². The van der Waals surface area contributed by atoms with Crippen LogP contribution in [-0.4, -0.2) is 61.8 Å². The van der Waals surface area contributed by atoms with Gasteiger partial charge in [0.15, 0.2) is 5.65 Å². The van der Waals surface area contributed by atoms with Crippen molar-refractivity contribution >= 4 is 23.1 Å². The van der Waals surface area contributed by atoms with Crippen LogP contribution in [0.5, 0.6) is 17.2 Å². The van der Waals surface area contributed by atoms with E-state index >= 15 is 0 Å². The maximum atomic E-state index is 13.3. The van der Waals surface area contributed by atoms with Crippen LogP contribution in [0.4, 0.5) is 14.5 Å². The standard InChI is InChI=1S/C27H23F2N7O4/c1-34(2)26(38)16-5-7-17(8-6-16)39-18-9-10-22(40-27(28)29)19(13-18)23-21(15-35(3)33-23)32-25(37)20-14-31-36-12-4-11-30-24(20)36/h4-15,27H,1-3H3,(H,32,37). The van der Waals surface area contributed by atoms with Gasteiger partial charge in [0, 0.05) is 45.3 Å². The molecule has 204 valence electrons. The topological polar surface area (TPSA) is 116 Å². The summed E-state index contributed by atoms with van der Waals surface area (Å²) in [5.74, 6) is -0.135. The molecule has 13 heteroatoms. The number of nitrogens with zero attached hydrogens (tertiary/aromatic N) is 6. The van der Waals surface area contributed by atoms with Crippen LogP contribution < -0.4 is 14.8 Å². The molecular weight excluding hydrogens is 524 g/mol. The Morgan fingerprint density at radius 3 is 2.55 bits per heavy atom. The average molecular weight is 548 g/mol. The van der Waals surface area contributed by atoms with Gasteiger partial charge in [0.2, 0.25) is 0 Å². The van der Waals surface area contributed by atoms with Gasteiger partial charge in [-0.25, -0.2) is 9.50 Å². The van der Waals surface area contributed by atoms with Crippen LogP contribution in [0.25, 0.3) is 16.9 Å². The molecule has 3 heterocycles. The van der Waals surface area contributed by atoms with E-state index in [1.807, 2.05) is 0 Å². The number of rotatable bonds is 8. The predicted octanol–water partition coefficient (Wildman–Crippen LogP) is 4.48. The number of halogens is 2. The van der Waals surface area contributed by atoms with E-state index in [1.165, 1.54) is 50.9 Å². The first kappa shape index (κ1) is 26.3. The molecule has 0 bridgehead atoms. The van der Waals surface area contributed by atoms with Gasteiger partial charge in [-0.05, 0) is 48.5 Å². The van der Waals surface area contributed by atoms with Crippen molar-refractivity contribution in [2.24, 2.45) is 7.05 Å². The summed E-state index contributed by atoms with van der Waals surface area (Å²) in [4.78, 5) is 30.9. The summed E-state index contributed by atoms with van der Waals surface area (Å²) in [6.07, 6.45) is 6.11. The Balaban J connectivity index is 1.47. The lowest BCUT2D eigenvalue weighted by Gasteiger charge is -2.14. The third kappa shape index (κ3) is 5.43. The van der Waals surface area contributed by atoms with Crippen molar-refractivity contribution in [1.82, 2.24) is 29.3 Å². The first-order chi connectivity index (χ1) is 19.2. The van der Waals surface area contributed by atoms with E-state index in [9.17, 15) is 18.4 Å². The van der Waals surface area contributed by atoms with E-state index in [1.54, 1.807) is 57.7 Å². The highest BCUT2D eigenvalue weighted by atomic mass is 19.3. The van der Waals surface area contributed by atoms with Gasteiger partial charge >= 0.3 is 6.61 Å². The molecule has 0 aliphatic carbocycles. The van der Waals surface area contributed by atoms with Crippen molar-refractivity contribution in [2.75, 3.05) is 19.4 Å². The molecule has 1 N–H and O–H groups in total. The van der Waals surface area contributed by atoms with E-state index in [0.29, 0.717) is 17.0 Å². The third-order valence-electron chi connectivity index (χ3n) is 5.77. The van der Waals surface area contributed by atoms with Gasteiger partial charge in [-0.3, -0.25) is 14.3 Å². The highest BCUT2D eigenvalue weighted by Gasteiger charge is 2.22. The van der Waals surface area contributed by atoms with Gasteiger partial charge in [-0.15, -0.1) is 0 Å². The summed E-state index contributed by atoms with van der Waals surface area (Å²) < 4.78 is 40.1. The van der Waals surface area contributed by atoms with Crippen LogP contribution in [0, 0.1) is 0 Å². The summed E-state index contributed by atoms with van der Waals surface area (Å²) in [7, 11) is 4.93. The second-order valence-corrected chi connectivity index (χ2v) is 8.83.